The molecule has 5 unspecified atom stereocenters. The Bertz CT molecular complexity index is 1990. The number of thiol groups is 1. The first-order chi connectivity index (χ1) is 29.7. The van der Waals surface area contributed by atoms with Gasteiger partial charge in [0, 0.05) is 32.0 Å². The molecular weight excluding hydrogens is 829 g/mol. The van der Waals surface area contributed by atoms with Crippen molar-refractivity contribution in [2.75, 3.05) is 32.0 Å². The zero-order valence-corrected chi connectivity index (χ0v) is 34.8. The van der Waals surface area contributed by atoms with E-state index < -0.39 is 90.7 Å². The fourth-order valence-corrected chi connectivity index (χ4v) is 8.41. The molecular formula is C42H52N6O13S. The lowest BCUT2D eigenvalue weighted by molar-refractivity contribution is -0.148. The number of nitrogens with one attached hydrogen (secondary N) is 4. The molecule has 19 nitrogen and oxygen atoms in total. The minimum absolute atomic E-state index is 0.0676. The highest BCUT2D eigenvalue weighted by molar-refractivity contribution is 7.80. The van der Waals surface area contributed by atoms with Crippen molar-refractivity contribution in [3.05, 3.63) is 59.7 Å². The maximum Gasteiger partial charge on any atom is 0.407 e. The zero-order chi connectivity index (χ0) is 44.9. The van der Waals surface area contributed by atoms with Gasteiger partial charge in [-0.1, -0.05) is 48.5 Å². The maximum atomic E-state index is 14.3. The van der Waals surface area contributed by atoms with Crippen molar-refractivity contribution >= 4 is 66.2 Å². The van der Waals surface area contributed by atoms with Crippen LogP contribution in [0.4, 0.5) is 4.79 Å². The van der Waals surface area contributed by atoms with Crippen LogP contribution in [0.5, 0.6) is 0 Å². The van der Waals surface area contributed by atoms with E-state index >= 15 is 0 Å². The second-order valence-corrected chi connectivity index (χ2v) is 15.8. The van der Waals surface area contributed by atoms with E-state index in [1.165, 1.54) is 9.80 Å². The monoisotopic (exact) mass is 880 g/mol. The molecule has 2 heterocycles. The average molecular weight is 881 g/mol. The number of alkyl carbamates (subject to hydrolysis) is 1. The number of fused-ring (bicyclic) bond motifs is 3. The van der Waals surface area contributed by atoms with Crippen LogP contribution < -0.4 is 21.3 Å². The van der Waals surface area contributed by atoms with Crippen LogP contribution in [-0.2, 0) is 43.1 Å². The van der Waals surface area contributed by atoms with Gasteiger partial charge in [0.25, 0.3) is 0 Å². The Kier molecular flexibility index (Phi) is 16.7. The van der Waals surface area contributed by atoms with Crippen molar-refractivity contribution in [2.45, 2.75) is 100 Å². The van der Waals surface area contributed by atoms with Gasteiger partial charge in [-0.3, -0.25) is 33.6 Å². The van der Waals surface area contributed by atoms with Crippen molar-refractivity contribution in [3.8, 4) is 11.1 Å². The summed E-state index contributed by atoms with van der Waals surface area (Å²) in [4.78, 5) is 117. The Balaban J connectivity index is 1.22. The third-order valence-corrected chi connectivity index (χ3v) is 11.4. The molecule has 2 aromatic rings. The molecule has 2 fully saturated rings. The molecule has 0 aromatic heterocycles. The van der Waals surface area contributed by atoms with Gasteiger partial charge in [0.1, 0.15) is 36.8 Å². The highest BCUT2D eigenvalue weighted by atomic mass is 32.1. The molecule has 1 aliphatic carbocycles. The Morgan fingerprint density at radius 2 is 1.26 bits per heavy atom. The molecule has 0 spiro atoms. The van der Waals surface area contributed by atoms with Gasteiger partial charge in [0.2, 0.25) is 29.5 Å². The first kappa shape index (κ1) is 46.9. The molecule has 0 saturated carbocycles. The number of unbranched alkanes of at least 4 members (excludes halogenated alkanes) is 1. The molecule has 5 rings (SSSR count). The summed E-state index contributed by atoms with van der Waals surface area (Å²) in [7, 11) is 0. The molecule has 3 aliphatic rings. The van der Waals surface area contributed by atoms with Crippen LogP contribution in [0.2, 0.25) is 0 Å². The number of carbonyl (C=O) groups excluding carboxylic acids is 6. The van der Waals surface area contributed by atoms with E-state index in [0.29, 0.717) is 38.6 Å². The summed E-state index contributed by atoms with van der Waals surface area (Å²) in [5, 5.41) is 37.6. The summed E-state index contributed by atoms with van der Waals surface area (Å²) in [5.74, 6) is -8.24. The predicted molar refractivity (Wildman–Crippen MR) is 223 cm³/mol. The lowest BCUT2D eigenvalue weighted by Gasteiger charge is -2.31. The molecule has 62 heavy (non-hydrogen) atoms. The number of carboxylic acids is 3. The van der Waals surface area contributed by atoms with Crippen molar-refractivity contribution in [1.82, 2.24) is 31.1 Å². The molecule has 0 bridgehead atoms. The Labute approximate surface area is 362 Å². The highest BCUT2D eigenvalue weighted by Gasteiger charge is 2.41. The standard InChI is InChI=1S/C42H52N6O13S/c49-34(16-20-62)47-18-7-14-32(47)38(55)44-29(13-5-6-17-43-42(60)61-23-28-26-11-3-1-9-24(26)25-10-2-4-12-27(25)28)40(57)48-19-8-15-33(48)39(56)45-30(21-35(50)51)37(54)46-31(41(58)59)22-36(52)53/h1-4,9-12,28-33,62H,5-8,13-23H2,(H,43,60)(H,44,55)(H,45,56)(H,46,54)(H,50,51)(H,52,53)(H,58,59). The summed E-state index contributed by atoms with van der Waals surface area (Å²) >= 11 is 4.13. The molecule has 0 radical (unpaired) electrons. The van der Waals surface area contributed by atoms with Crippen molar-refractivity contribution < 1.29 is 63.2 Å². The van der Waals surface area contributed by atoms with E-state index in [0.717, 1.165) is 22.3 Å². The zero-order valence-electron chi connectivity index (χ0n) is 34.0. The first-order valence-electron chi connectivity index (χ1n) is 20.6. The van der Waals surface area contributed by atoms with E-state index in [4.69, 9.17) is 9.84 Å². The van der Waals surface area contributed by atoms with E-state index in [1.54, 1.807) is 0 Å². The minimum atomic E-state index is -1.92. The Hall–Kier alpha value is -6.18. The van der Waals surface area contributed by atoms with Gasteiger partial charge in [-0.05, 0) is 73.0 Å². The molecule has 2 aromatic carbocycles. The van der Waals surface area contributed by atoms with Gasteiger partial charge in [0.05, 0.1) is 12.8 Å². The van der Waals surface area contributed by atoms with Gasteiger partial charge < -0.3 is 51.1 Å². The number of carboxylic acid groups (broad SMARTS) is 3. The van der Waals surface area contributed by atoms with E-state index in [9.17, 15) is 53.4 Å². The third-order valence-electron chi connectivity index (χ3n) is 11.2. The normalized spacial score (nSPS) is 18.1. The van der Waals surface area contributed by atoms with Crippen LogP contribution in [0.1, 0.15) is 81.3 Å². The molecule has 2 aliphatic heterocycles. The van der Waals surface area contributed by atoms with E-state index in [1.807, 2.05) is 53.8 Å². The van der Waals surface area contributed by atoms with Gasteiger partial charge in [-0.2, -0.15) is 12.6 Å². The van der Waals surface area contributed by atoms with Crippen molar-refractivity contribution in [1.29, 1.82) is 0 Å². The summed E-state index contributed by atoms with van der Waals surface area (Å²) in [6.45, 7) is 0.722. The fourth-order valence-electron chi connectivity index (χ4n) is 8.22. The van der Waals surface area contributed by atoms with Gasteiger partial charge >= 0.3 is 24.0 Å². The van der Waals surface area contributed by atoms with Gasteiger partial charge in [-0.25, -0.2) is 9.59 Å². The summed E-state index contributed by atoms with van der Waals surface area (Å²) < 4.78 is 5.62. The average Bonchev–Trinajstić information content (AvgIpc) is 4.00. The van der Waals surface area contributed by atoms with Crippen LogP contribution in [0.25, 0.3) is 11.1 Å². The number of ether oxygens (including phenoxy) is 1. The first-order valence-corrected chi connectivity index (χ1v) is 21.2. The van der Waals surface area contributed by atoms with Crippen molar-refractivity contribution in [2.24, 2.45) is 0 Å². The van der Waals surface area contributed by atoms with E-state index in [2.05, 4.69) is 28.6 Å². The Morgan fingerprint density at radius 3 is 1.84 bits per heavy atom. The smallest absolute Gasteiger partial charge is 0.407 e. The molecule has 2 saturated heterocycles. The number of aliphatic carboxylic acids is 3. The lowest BCUT2D eigenvalue weighted by atomic mass is 9.98. The Morgan fingerprint density at radius 1 is 0.710 bits per heavy atom. The molecule has 6 amide bonds. The number of hydrogen-bond donors (Lipinski definition) is 8. The van der Waals surface area contributed by atoms with Crippen molar-refractivity contribution in [3.63, 3.8) is 0 Å². The van der Waals surface area contributed by atoms with Gasteiger partial charge in [0.15, 0.2) is 0 Å². The molecule has 334 valence electrons. The van der Waals surface area contributed by atoms with Crippen LogP contribution in [0.15, 0.2) is 48.5 Å². The number of amides is 6. The number of benzene rings is 2. The predicted octanol–water partition coefficient (Wildman–Crippen LogP) is 1.49. The number of likely N-dealkylation sites (tertiary alicyclic amines) is 2. The minimum Gasteiger partial charge on any atom is -0.481 e. The fraction of sp³-hybridized carbons (Fsp3) is 0.500. The second kappa shape index (κ2) is 22.1. The summed E-state index contributed by atoms with van der Waals surface area (Å²) in [6.07, 6.45) is -0.364. The SMILES string of the molecule is O=C(O)CC(NC(=O)C(CC(=O)O)NC(=O)C1CCCN1C(=O)C(CCCCNC(=O)OCC1c2ccccc2-c2ccccc21)NC(=O)C1CCCN1C(=O)CCS)C(=O)O. The molecule has 5 atom stereocenters. The van der Waals surface area contributed by atoms with Crippen LogP contribution in [0, 0.1) is 0 Å². The van der Waals surface area contributed by atoms with Gasteiger partial charge in [-0.15, -0.1) is 0 Å². The number of rotatable bonds is 21. The summed E-state index contributed by atoms with van der Waals surface area (Å²) in [5.41, 5.74) is 4.32. The largest absolute Gasteiger partial charge is 0.481 e. The van der Waals surface area contributed by atoms with E-state index in [-0.39, 0.29) is 56.5 Å². The number of nitrogens with zero attached hydrogens (tertiary/aromatic N) is 2. The third kappa shape index (κ3) is 12.0. The number of hydrogen-bond acceptors (Lipinski definition) is 11. The lowest BCUT2D eigenvalue weighted by Crippen LogP contribution is -2.58. The second-order valence-electron chi connectivity index (χ2n) is 15.4. The summed E-state index contributed by atoms with van der Waals surface area (Å²) in [6, 6.07) is 8.93. The van der Waals surface area contributed by atoms with Crippen LogP contribution in [-0.4, -0.2) is 141 Å². The quantitative estimate of drug-likeness (QED) is 0.0653. The maximum absolute atomic E-state index is 14.3. The molecule has 7 N–H and O–H groups in total. The molecule has 20 heteroatoms. The topological polar surface area (TPSA) is 278 Å². The number of carbonyl (C=O) groups is 9. The van der Waals surface area contributed by atoms with Crippen LogP contribution in [0.3, 0.4) is 0 Å². The highest BCUT2D eigenvalue weighted by Crippen LogP contribution is 2.44. The van der Waals surface area contributed by atoms with Crippen LogP contribution >= 0.6 is 12.6 Å².